The summed E-state index contributed by atoms with van der Waals surface area (Å²) in [4.78, 5) is 25.9. The van der Waals surface area contributed by atoms with Crippen LogP contribution in [0, 0.1) is 5.92 Å². The zero-order valence-electron chi connectivity index (χ0n) is 13.4. The Kier molecular flexibility index (Phi) is 6.77. The van der Waals surface area contributed by atoms with Gasteiger partial charge in [-0.2, -0.15) is 0 Å². The summed E-state index contributed by atoms with van der Waals surface area (Å²) in [6.45, 7) is 1.46. The lowest BCUT2D eigenvalue weighted by Crippen LogP contribution is -2.41. The van der Waals surface area contributed by atoms with Crippen molar-refractivity contribution in [2.24, 2.45) is 5.92 Å². The number of hydrogen-bond donors (Lipinski definition) is 1. The van der Waals surface area contributed by atoms with E-state index in [1.165, 1.54) is 11.8 Å². The van der Waals surface area contributed by atoms with Crippen LogP contribution in [0.2, 0.25) is 0 Å². The molecule has 1 heterocycles. The molecule has 1 amide bonds. The molecule has 1 fully saturated rings. The van der Waals surface area contributed by atoms with Crippen LogP contribution in [0.4, 0.5) is 0 Å². The van der Waals surface area contributed by atoms with E-state index in [0.29, 0.717) is 24.6 Å². The molecule has 0 aliphatic carbocycles. The number of thioether (sulfide) groups is 1. The monoisotopic (exact) mass is 337 g/mol. The highest BCUT2D eigenvalue weighted by atomic mass is 32.2. The Labute approximate surface area is 141 Å². The van der Waals surface area contributed by atoms with Crippen LogP contribution in [0.25, 0.3) is 0 Å². The summed E-state index contributed by atoms with van der Waals surface area (Å²) in [5.41, 5.74) is 0. The number of nitrogens with zero attached hydrogens (tertiary/aromatic N) is 1. The van der Waals surface area contributed by atoms with E-state index < -0.39 is 5.97 Å². The molecule has 0 radical (unpaired) electrons. The largest absolute Gasteiger partial charge is 0.497 e. The SMILES string of the molecule is COc1cccc(SCC(=O)N2CCCC(CCC(=O)O)C2)c1. The van der Waals surface area contributed by atoms with Gasteiger partial charge in [0.15, 0.2) is 0 Å². The van der Waals surface area contributed by atoms with Gasteiger partial charge in [-0.15, -0.1) is 11.8 Å². The second-order valence-corrected chi connectivity index (χ2v) is 6.80. The van der Waals surface area contributed by atoms with E-state index in [9.17, 15) is 9.59 Å². The second-order valence-electron chi connectivity index (χ2n) is 5.75. The van der Waals surface area contributed by atoms with E-state index in [2.05, 4.69) is 0 Å². The highest BCUT2D eigenvalue weighted by Gasteiger charge is 2.23. The van der Waals surface area contributed by atoms with E-state index in [0.717, 1.165) is 30.0 Å². The van der Waals surface area contributed by atoms with Gasteiger partial charge in [0.2, 0.25) is 5.91 Å². The van der Waals surface area contributed by atoms with Gasteiger partial charge in [-0.3, -0.25) is 9.59 Å². The Morgan fingerprint density at radius 3 is 3.00 bits per heavy atom. The van der Waals surface area contributed by atoms with Crippen LogP contribution in [-0.2, 0) is 9.59 Å². The lowest BCUT2D eigenvalue weighted by atomic mass is 9.93. The molecule has 1 aliphatic heterocycles. The number of benzene rings is 1. The van der Waals surface area contributed by atoms with Crippen molar-refractivity contribution in [3.63, 3.8) is 0 Å². The van der Waals surface area contributed by atoms with Crippen LogP contribution in [0.15, 0.2) is 29.2 Å². The third-order valence-electron chi connectivity index (χ3n) is 4.04. The molecule has 126 valence electrons. The van der Waals surface area contributed by atoms with Crippen molar-refractivity contribution >= 4 is 23.6 Å². The minimum atomic E-state index is -0.762. The van der Waals surface area contributed by atoms with Crippen LogP contribution in [-0.4, -0.2) is 47.8 Å². The van der Waals surface area contributed by atoms with Gasteiger partial charge in [-0.05, 0) is 43.4 Å². The van der Waals surface area contributed by atoms with E-state index in [1.807, 2.05) is 29.2 Å². The molecule has 6 heteroatoms. The number of aliphatic carboxylic acids is 1. The summed E-state index contributed by atoms with van der Waals surface area (Å²) in [5, 5.41) is 8.78. The molecule has 1 aromatic carbocycles. The van der Waals surface area contributed by atoms with Crippen LogP contribution in [0.1, 0.15) is 25.7 Å². The van der Waals surface area contributed by atoms with Crippen molar-refractivity contribution in [3.05, 3.63) is 24.3 Å². The van der Waals surface area contributed by atoms with Gasteiger partial charge in [-0.1, -0.05) is 6.07 Å². The topological polar surface area (TPSA) is 66.8 Å². The Bertz CT molecular complexity index is 549. The molecular formula is C17H23NO4S. The normalized spacial score (nSPS) is 17.8. The van der Waals surface area contributed by atoms with Crippen molar-refractivity contribution in [3.8, 4) is 5.75 Å². The quantitative estimate of drug-likeness (QED) is 0.775. The van der Waals surface area contributed by atoms with Gasteiger partial charge in [0, 0.05) is 24.4 Å². The molecular weight excluding hydrogens is 314 g/mol. The molecule has 1 unspecified atom stereocenters. The molecule has 2 rings (SSSR count). The fourth-order valence-corrected chi connectivity index (χ4v) is 3.63. The van der Waals surface area contributed by atoms with Gasteiger partial charge in [0.05, 0.1) is 12.9 Å². The molecule has 0 bridgehead atoms. The molecule has 0 aromatic heterocycles. The number of carbonyl (C=O) groups excluding carboxylic acids is 1. The number of hydrogen-bond acceptors (Lipinski definition) is 4. The molecule has 1 saturated heterocycles. The zero-order valence-corrected chi connectivity index (χ0v) is 14.2. The maximum absolute atomic E-state index is 12.4. The average molecular weight is 337 g/mol. The first-order valence-electron chi connectivity index (χ1n) is 7.85. The molecule has 5 nitrogen and oxygen atoms in total. The average Bonchev–Trinajstić information content (AvgIpc) is 2.58. The highest BCUT2D eigenvalue weighted by Crippen LogP contribution is 2.25. The minimum absolute atomic E-state index is 0.123. The lowest BCUT2D eigenvalue weighted by molar-refractivity contribution is -0.137. The first kappa shape index (κ1) is 17.7. The summed E-state index contributed by atoms with van der Waals surface area (Å²) in [6, 6.07) is 7.67. The van der Waals surface area contributed by atoms with Gasteiger partial charge in [-0.25, -0.2) is 0 Å². The van der Waals surface area contributed by atoms with Crippen LogP contribution in [0.5, 0.6) is 5.75 Å². The minimum Gasteiger partial charge on any atom is -0.497 e. The summed E-state index contributed by atoms with van der Waals surface area (Å²) in [6.07, 6.45) is 2.81. The van der Waals surface area contributed by atoms with Crippen LogP contribution < -0.4 is 4.74 Å². The van der Waals surface area contributed by atoms with Crippen molar-refractivity contribution < 1.29 is 19.4 Å². The predicted molar refractivity (Wildman–Crippen MR) is 89.9 cm³/mol. The number of carboxylic acid groups (broad SMARTS) is 1. The van der Waals surface area contributed by atoms with Gasteiger partial charge in [0.25, 0.3) is 0 Å². The van der Waals surface area contributed by atoms with Crippen LogP contribution >= 0.6 is 11.8 Å². The van der Waals surface area contributed by atoms with E-state index >= 15 is 0 Å². The summed E-state index contributed by atoms with van der Waals surface area (Å²) in [7, 11) is 1.62. The Hall–Kier alpha value is -1.69. The van der Waals surface area contributed by atoms with E-state index in [-0.39, 0.29) is 12.3 Å². The summed E-state index contributed by atoms with van der Waals surface area (Å²) < 4.78 is 5.18. The number of amides is 1. The zero-order chi connectivity index (χ0) is 16.7. The van der Waals surface area contributed by atoms with E-state index in [4.69, 9.17) is 9.84 Å². The van der Waals surface area contributed by atoms with Crippen molar-refractivity contribution in [2.45, 2.75) is 30.6 Å². The number of likely N-dealkylation sites (tertiary alicyclic amines) is 1. The van der Waals surface area contributed by atoms with E-state index in [1.54, 1.807) is 7.11 Å². The van der Waals surface area contributed by atoms with Crippen molar-refractivity contribution in [1.29, 1.82) is 0 Å². The number of piperidine rings is 1. The maximum atomic E-state index is 12.4. The first-order chi connectivity index (χ1) is 11.1. The molecule has 0 spiro atoms. The maximum Gasteiger partial charge on any atom is 0.303 e. The first-order valence-corrected chi connectivity index (χ1v) is 8.83. The van der Waals surface area contributed by atoms with Gasteiger partial charge in [0.1, 0.15) is 5.75 Å². The van der Waals surface area contributed by atoms with Gasteiger partial charge >= 0.3 is 5.97 Å². The molecule has 1 N–H and O–H groups in total. The van der Waals surface area contributed by atoms with Crippen molar-refractivity contribution in [2.75, 3.05) is 26.0 Å². The fraction of sp³-hybridized carbons (Fsp3) is 0.529. The summed E-state index contributed by atoms with van der Waals surface area (Å²) in [5.74, 6) is 0.860. The highest BCUT2D eigenvalue weighted by molar-refractivity contribution is 8.00. The number of carboxylic acids is 1. The Morgan fingerprint density at radius 1 is 1.43 bits per heavy atom. The second kappa shape index (κ2) is 8.82. The number of rotatable bonds is 7. The third-order valence-corrected chi connectivity index (χ3v) is 5.02. The third kappa shape index (κ3) is 5.78. The number of methoxy groups -OCH3 is 1. The fourth-order valence-electron chi connectivity index (χ4n) is 2.78. The predicted octanol–water partition coefficient (Wildman–Crippen LogP) is 2.89. The lowest BCUT2D eigenvalue weighted by Gasteiger charge is -2.32. The number of ether oxygens (including phenoxy) is 1. The molecule has 1 aliphatic rings. The Morgan fingerprint density at radius 2 is 2.26 bits per heavy atom. The molecule has 23 heavy (non-hydrogen) atoms. The van der Waals surface area contributed by atoms with Gasteiger partial charge < -0.3 is 14.7 Å². The summed E-state index contributed by atoms with van der Waals surface area (Å²) >= 11 is 1.51. The smallest absolute Gasteiger partial charge is 0.303 e. The molecule has 1 atom stereocenters. The standard InChI is InChI=1S/C17H23NO4S/c1-22-14-5-2-6-15(10-14)23-12-16(19)18-9-3-4-13(11-18)7-8-17(20)21/h2,5-6,10,13H,3-4,7-9,11-12H2,1H3,(H,20,21). The van der Waals surface area contributed by atoms with Crippen LogP contribution in [0.3, 0.4) is 0 Å². The Balaban J connectivity index is 1.81. The molecule has 1 aromatic rings. The number of carbonyl (C=O) groups is 2. The van der Waals surface area contributed by atoms with Crippen molar-refractivity contribution in [1.82, 2.24) is 4.90 Å². The molecule has 0 saturated carbocycles.